The van der Waals surface area contributed by atoms with Crippen LogP contribution in [-0.4, -0.2) is 44.3 Å². The summed E-state index contributed by atoms with van der Waals surface area (Å²) in [6.45, 7) is 1.20. The lowest BCUT2D eigenvalue weighted by Gasteiger charge is -2.08. The van der Waals surface area contributed by atoms with Crippen molar-refractivity contribution < 1.29 is 9.59 Å². The summed E-state index contributed by atoms with van der Waals surface area (Å²) < 4.78 is 0. The molecule has 0 spiro atoms. The molecule has 0 saturated carbocycles. The van der Waals surface area contributed by atoms with Gasteiger partial charge in [0.05, 0.1) is 0 Å². The summed E-state index contributed by atoms with van der Waals surface area (Å²) >= 11 is 0. The van der Waals surface area contributed by atoms with Crippen molar-refractivity contribution >= 4 is 12.2 Å². The van der Waals surface area contributed by atoms with E-state index in [-0.39, 0.29) is 5.91 Å². The Labute approximate surface area is 72.9 Å². The van der Waals surface area contributed by atoms with Gasteiger partial charge in [-0.15, -0.1) is 0 Å². The highest BCUT2D eigenvalue weighted by Crippen LogP contribution is 1.83. The molecule has 4 heteroatoms. The maximum atomic E-state index is 11.0. The summed E-state index contributed by atoms with van der Waals surface area (Å²) in [6.07, 6.45) is 1.69. The number of hydrogen-bond donors (Lipinski definition) is 1. The minimum atomic E-state index is 0.00514. The van der Waals surface area contributed by atoms with E-state index in [1.165, 1.54) is 0 Å². The monoisotopic (exact) mass is 172 g/mol. The zero-order valence-corrected chi connectivity index (χ0v) is 7.67. The van der Waals surface area contributed by atoms with Crippen molar-refractivity contribution in [2.24, 2.45) is 0 Å². The van der Waals surface area contributed by atoms with E-state index in [2.05, 4.69) is 5.32 Å². The lowest BCUT2D eigenvalue weighted by Crippen LogP contribution is -2.28. The van der Waals surface area contributed by atoms with Gasteiger partial charge < -0.3 is 15.0 Å². The number of amides is 1. The van der Waals surface area contributed by atoms with Gasteiger partial charge >= 0.3 is 0 Å². The summed E-state index contributed by atoms with van der Waals surface area (Å²) in [4.78, 5) is 22.8. The molecule has 0 saturated heterocycles. The molecule has 0 aliphatic carbocycles. The Kier molecular flexibility index (Phi) is 6.28. The fourth-order valence-corrected chi connectivity index (χ4v) is 0.684. The molecule has 0 aliphatic rings. The van der Waals surface area contributed by atoms with Crippen LogP contribution in [0.1, 0.15) is 12.8 Å². The number of carbonyl (C=O) groups excluding carboxylic acids is 2. The topological polar surface area (TPSA) is 49.4 Å². The van der Waals surface area contributed by atoms with E-state index in [0.717, 1.165) is 12.8 Å². The lowest BCUT2D eigenvalue weighted by molar-refractivity contribution is -0.121. The van der Waals surface area contributed by atoms with Crippen molar-refractivity contribution in [1.29, 1.82) is 0 Å². The largest absolute Gasteiger partial charge is 0.356 e. The predicted molar refractivity (Wildman–Crippen MR) is 46.9 cm³/mol. The Hall–Kier alpha value is -0.900. The summed E-state index contributed by atoms with van der Waals surface area (Å²) in [7, 11) is 3.83. The van der Waals surface area contributed by atoms with E-state index in [1.807, 2.05) is 19.0 Å². The van der Waals surface area contributed by atoms with E-state index in [4.69, 9.17) is 0 Å². The molecule has 0 fully saturated rings. The van der Waals surface area contributed by atoms with Crippen LogP contribution in [0.3, 0.4) is 0 Å². The number of aldehydes is 1. The third-order valence-corrected chi connectivity index (χ3v) is 1.37. The highest BCUT2D eigenvalue weighted by atomic mass is 16.1. The maximum absolute atomic E-state index is 11.0. The molecule has 0 atom stereocenters. The number of hydrogen-bond acceptors (Lipinski definition) is 3. The molecule has 1 amide bonds. The Balaban J connectivity index is 3.27. The van der Waals surface area contributed by atoms with Crippen molar-refractivity contribution in [2.75, 3.05) is 27.2 Å². The summed E-state index contributed by atoms with van der Waals surface area (Å²) in [6, 6.07) is 0. The summed E-state index contributed by atoms with van der Waals surface area (Å²) in [5, 5.41) is 2.64. The van der Waals surface area contributed by atoms with Gasteiger partial charge in [-0.2, -0.15) is 0 Å². The van der Waals surface area contributed by atoms with Crippen LogP contribution in [0.25, 0.3) is 0 Å². The van der Waals surface area contributed by atoms with Crippen LogP contribution in [0.2, 0.25) is 0 Å². The second kappa shape index (κ2) is 6.79. The Morgan fingerprint density at radius 1 is 1.50 bits per heavy atom. The molecule has 0 aromatic carbocycles. The van der Waals surface area contributed by atoms with Crippen LogP contribution in [0.15, 0.2) is 0 Å². The van der Waals surface area contributed by atoms with Gasteiger partial charge in [0.2, 0.25) is 5.91 Å². The predicted octanol–water partition coefficient (Wildman–Crippen LogP) is -0.357. The highest BCUT2D eigenvalue weighted by Gasteiger charge is 1.99. The minimum Gasteiger partial charge on any atom is -0.356 e. The average Bonchev–Trinajstić information content (AvgIpc) is 2.01. The standard InChI is InChI=1S/C8H16N2O2/c1-10(2)6-4-8(12)9-5-3-7-11/h7H,3-6H2,1-2H3,(H,9,12). The van der Waals surface area contributed by atoms with Crippen LogP contribution in [-0.2, 0) is 9.59 Å². The van der Waals surface area contributed by atoms with Crippen LogP contribution in [0, 0.1) is 0 Å². The molecule has 1 N–H and O–H groups in total. The molecular weight excluding hydrogens is 156 g/mol. The van der Waals surface area contributed by atoms with Crippen LogP contribution in [0.5, 0.6) is 0 Å². The zero-order chi connectivity index (χ0) is 9.40. The summed E-state index contributed by atoms with van der Waals surface area (Å²) in [5.41, 5.74) is 0. The second-order valence-corrected chi connectivity index (χ2v) is 2.86. The van der Waals surface area contributed by atoms with E-state index in [9.17, 15) is 9.59 Å². The van der Waals surface area contributed by atoms with Gasteiger partial charge in [0.25, 0.3) is 0 Å². The van der Waals surface area contributed by atoms with E-state index in [0.29, 0.717) is 19.4 Å². The molecule has 0 radical (unpaired) electrons. The van der Waals surface area contributed by atoms with Crippen molar-refractivity contribution in [3.8, 4) is 0 Å². The Bertz CT molecular complexity index is 146. The molecule has 12 heavy (non-hydrogen) atoms. The SMILES string of the molecule is CN(C)CCC(=O)NCCC=O. The number of nitrogens with zero attached hydrogens (tertiary/aromatic N) is 1. The third-order valence-electron chi connectivity index (χ3n) is 1.37. The summed E-state index contributed by atoms with van der Waals surface area (Å²) in [5.74, 6) is 0.00514. The molecule has 0 aromatic heterocycles. The van der Waals surface area contributed by atoms with Gasteiger partial charge in [0.1, 0.15) is 6.29 Å². The fourth-order valence-electron chi connectivity index (χ4n) is 0.684. The van der Waals surface area contributed by atoms with Crippen LogP contribution >= 0.6 is 0 Å². The minimum absolute atomic E-state index is 0.00514. The average molecular weight is 172 g/mol. The van der Waals surface area contributed by atoms with Crippen molar-refractivity contribution in [2.45, 2.75) is 12.8 Å². The molecule has 0 aliphatic heterocycles. The molecule has 70 valence electrons. The van der Waals surface area contributed by atoms with Gasteiger partial charge in [-0.25, -0.2) is 0 Å². The highest BCUT2D eigenvalue weighted by molar-refractivity contribution is 5.76. The Morgan fingerprint density at radius 2 is 2.17 bits per heavy atom. The maximum Gasteiger partial charge on any atom is 0.221 e. The number of rotatable bonds is 6. The first-order valence-corrected chi connectivity index (χ1v) is 4.02. The molecule has 0 rings (SSSR count). The molecule has 0 unspecified atom stereocenters. The quantitative estimate of drug-likeness (QED) is 0.440. The first kappa shape index (κ1) is 11.1. The molecule has 0 heterocycles. The molecule has 0 aromatic rings. The van der Waals surface area contributed by atoms with Gasteiger partial charge in [-0.05, 0) is 14.1 Å². The van der Waals surface area contributed by atoms with Gasteiger partial charge in [0, 0.05) is 25.9 Å². The van der Waals surface area contributed by atoms with Crippen molar-refractivity contribution in [1.82, 2.24) is 10.2 Å². The van der Waals surface area contributed by atoms with E-state index >= 15 is 0 Å². The van der Waals surface area contributed by atoms with Crippen LogP contribution in [0.4, 0.5) is 0 Å². The van der Waals surface area contributed by atoms with E-state index < -0.39 is 0 Å². The van der Waals surface area contributed by atoms with Gasteiger partial charge in [0.15, 0.2) is 0 Å². The van der Waals surface area contributed by atoms with Crippen molar-refractivity contribution in [3.05, 3.63) is 0 Å². The second-order valence-electron chi connectivity index (χ2n) is 2.86. The number of nitrogens with one attached hydrogen (secondary N) is 1. The third kappa shape index (κ3) is 7.21. The smallest absolute Gasteiger partial charge is 0.221 e. The van der Waals surface area contributed by atoms with E-state index in [1.54, 1.807) is 0 Å². The zero-order valence-electron chi connectivity index (χ0n) is 7.67. The van der Waals surface area contributed by atoms with Gasteiger partial charge in [-0.1, -0.05) is 0 Å². The lowest BCUT2D eigenvalue weighted by atomic mass is 10.3. The van der Waals surface area contributed by atoms with Gasteiger partial charge in [-0.3, -0.25) is 4.79 Å². The van der Waals surface area contributed by atoms with Crippen LogP contribution < -0.4 is 5.32 Å². The molecule has 0 bridgehead atoms. The Morgan fingerprint density at radius 3 is 2.67 bits per heavy atom. The first-order valence-electron chi connectivity index (χ1n) is 4.02. The number of carbonyl (C=O) groups is 2. The normalized spacial score (nSPS) is 9.92. The van der Waals surface area contributed by atoms with Crippen molar-refractivity contribution in [3.63, 3.8) is 0 Å². The first-order chi connectivity index (χ1) is 5.66. The molecular formula is C8H16N2O2. The molecule has 4 nitrogen and oxygen atoms in total. The fraction of sp³-hybridized carbons (Fsp3) is 0.750.